The maximum atomic E-state index is 10.6. The Kier molecular flexibility index (Phi) is 5.03. The number of rotatable bonds is 2. The molecule has 1 aliphatic rings. The van der Waals surface area contributed by atoms with Crippen LogP contribution in [0.2, 0.25) is 0 Å². The predicted octanol–water partition coefficient (Wildman–Crippen LogP) is 1.49. The van der Waals surface area contributed by atoms with Crippen molar-refractivity contribution in [1.29, 1.82) is 0 Å². The van der Waals surface area contributed by atoms with E-state index >= 15 is 0 Å². The van der Waals surface area contributed by atoms with Crippen LogP contribution in [0.15, 0.2) is 0 Å². The van der Waals surface area contributed by atoms with Gasteiger partial charge in [0.1, 0.15) is 0 Å². The van der Waals surface area contributed by atoms with Crippen molar-refractivity contribution in [2.24, 2.45) is 11.3 Å². The molecule has 1 N–H and O–H groups in total. The molecule has 0 spiro atoms. The fraction of sp³-hybridized carbons (Fsp3) is 0.900. The van der Waals surface area contributed by atoms with Gasteiger partial charge in [-0.2, -0.15) is 0 Å². The van der Waals surface area contributed by atoms with E-state index < -0.39 is 5.97 Å². The lowest BCUT2D eigenvalue weighted by molar-refractivity contribution is -0.139. The molecular weight excluding hydrogens is 179 g/mol. The third kappa shape index (κ3) is 3.71. The van der Waals surface area contributed by atoms with E-state index in [1.807, 2.05) is 0 Å². The fourth-order valence-electron chi connectivity index (χ4n) is 2.16. The molecule has 1 saturated carbocycles. The highest BCUT2D eigenvalue weighted by atomic mass is 27.0. The first-order chi connectivity index (χ1) is 5.52. The van der Waals surface area contributed by atoms with Crippen molar-refractivity contribution in [2.75, 3.05) is 0 Å². The Morgan fingerprint density at radius 2 is 2.08 bits per heavy atom. The van der Waals surface area contributed by atoms with Gasteiger partial charge in [0.15, 0.2) is 17.4 Å². The van der Waals surface area contributed by atoms with Crippen LogP contribution in [-0.4, -0.2) is 28.4 Å². The van der Waals surface area contributed by atoms with Gasteiger partial charge in [0.2, 0.25) is 0 Å². The molecule has 3 heteroatoms. The first kappa shape index (κ1) is 13.0. The van der Waals surface area contributed by atoms with Gasteiger partial charge in [0.25, 0.3) is 0 Å². The Morgan fingerprint density at radius 3 is 2.54 bits per heavy atom. The van der Waals surface area contributed by atoms with Crippen LogP contribution in [0.3, 0.4) is 0 Å². The quantitative estimate of drug-likeness (QED) is 0.686. The fourth-order valence-corrected chi connectivity index (χ4v) is 2.16. The van der Waals surface area contributed by atoms with Crippen LogP contribution in [0, 0.1) is 11.3 Å². The first-order valence-electron chi connectivity index (χ1n) is 4.74. The zero-order chi connectivity index (χ0) is 9.19. The molecule has 1 aliphatic carbocycles. The summed E-state index contributed by atoms with van der Waals surface area (Å²) in [5, 5.41) is 8.70. The summed E-state index contributed by atoms with van der Waals surface area (Å²) in [6.07, 6.45) is 5.11. The Balaban J connectivity index is 0.00000144. The second kappa shape index (κ2) is 5.03. The zero-order valence-electron chi connectivity index (χ0n) is 7.97. The summed E-state index contributed by atoms with van der Waals surface area (Å²) >= 11 is 0. The van der Waals surface area contributed by atoms with Crippen LogP contribution in [0.25, 0.3) is 0 Å². The van der Waals surface area contributed by atoms with Gasteiger partial charge in [-0.15, -0.1) is 0 Å². The van der Waals surface area contributed by atoms with Crippen molar-refractivity contribution < 1.29 is 9.90 Å². The molecular formula is C10H21AlO2. The van der Waals surface area contributed by atoms with Crippen molar-refractivity contribution in [3.8, 4) is 0 Å². The van der Waals surface area contributed by atoms with E-state index in [2.05, 4.69) is 13.8 Å². The number of carboxylic acids is 1. The first-order valence-corrected chi connectivity index (χ1v) is 4.74. The molecule has 13 heavy (non-hydrogen) atoms. The summed E-state index contributed by atoms with van der Waals surface area (Å²) in [6.45, 7) is 4.39. The standard InChI is InChI=1S/C10H18O2.Al.3H/c1-10(2)6-4-3-5-8(10)7-9(11)12;;;;/h8H,3-7H2,1-2H3,(H,11,12);;;;. The van der Waals surface area contributed by atoms with E-state index in [1.165, 1.54) is 19.3 Å². The lowest BCUT2D eigenvalue weighted by Crippen LogP contribution is -2.29. The monoisotopic (exact) mass is 200 g/mol. The summed E-state index contributed by atoms with van der Waals surface area (Å²) in [6, 6.07) is 0. The lowest BCUT2D eigenvalue weighted by Gasteiger charge is -2.37. The van der Waals surface area contributed by atoms with E-state index in [9.17, 15) is 4.79 Å². The minimum atomic E-state index is -0.644. The van der Waals surface area contributed by atoms with Gasteiger partial charge < -0.3 is 5.11 Å². The van der Waals surface area contributed by atoms with Crippen molar-refractivity contribution in [3.05, 3.63) is 0 Å². The SMILES string of the molecule is CC1(C)CCCCC1CC(=O)O.[AlH3]. The number of hydrogen-bond acceptors (Lipinski definition) is 1. The third-order valence-electron chi connectivity index (χ3n) is 3.15. The van der Waals surface area contributed by atoms with E-state index in [1.54, 1.807) is 0 Å². The van der Waals surface area contributed by atoms with Crippen molar-refractivity contribution >= 4 is 23.3 Å². The summed E-state index contributed by atoms with van der Waals surface area (Å²) in [4.78, 5) is 10.6. The number of carboxylic acid groups (broad SMARTS) is 1. The van der Waals surface area contributed by atoms with Gasteiger partial charge in [0, 0.05) is 6.42 Å². The summed E-state index contributed by atoms with van der Waals surface area (Å²) in [7, 11) is 0. The Morgan fingerprint density at radius 1 is 1.46 bits per heavy atom. The summed E-state index contributed by atoms with van der Waals surface area (Å²) in [5.74, 6) is -0.251. The zero-order valence-corrected chi connectivity index (χ0v) is 7.97. The van der Waals surface area contributed by atoms with Crippen molar-refractivity contribution in [3.63, 3.8) is 0 Å². The maximum absolute atomic E-state index is 10.6. The molecule has 1 atom stereocenters. The van der Waals surface area contributed by atoms with Gasteiger partial charge >= 0.3 is 5.97 Å². The molecule has 0 aliphatic heterocycles. The molecule has 0 radical (unpaired) electrons. The average molecular weight is 200 g/mol. The van der Waals surface area contributed by atoms with Crippen LogP contribution in [0.1, 0.15) is 46.0 Å². The molecule has 0 heterocycles. The van der Waals surface area contributed by atoms with E-state index in [-0.39, 0.29) is 22.8 Å². The third-order valence-corrected chi connectivity index (χ3v) is 3.15. The number of aliphatic carboxylic acids is 1. The van der Waals surface area contributed by atoms with E-state index in [0.29, 0.717) is 12.3 Å². The Bertz CT molecular complexity index is 178. The lowest BCUT2D eigenvalue weighted by atomic mass is 9.68. The van der Waals surface area contributed by atoms with Crippen molar-refractivity contribution in [1.82, 2.24) is 0 Å². The van der Waals surface area contributed by atoms with Crippen molar-refractivity contribution in [2.45, 2.75) is 46.0 Å². The molecule has 76 valence electrons. The Labute approximate surface area is 90.8 Å². The van der Waals surface area contributed by atoms with Crippen LogP contribution in [-0.2, 0) is 4.79 Å². The van der Waals surface area contributed by atoms with Crippen LogP contribution >= 0.6 is 0 Å². The minimum Gasteiger partial charge on any atom is -0.481 e. The second-order valence-electron chi connectivity index (χ2n) is 4.53. The molecule has 0 bridgehead atoms. The Hall–Kier alpha value is 0.00247. The summed E-state index contributed by atoms with van der Waals surface area (Å²) in [5.41, 5.74) is 0.247. The molecule has 1 fully saturated rings. The van der Waals surface area contributed by atoms with Gasteiger partial charge in [-0.05, 0) is 24.2 Å². The van der Waals surface area contributed by atoms with Crippen LogP contribution in [0.4, 0.5) is 0 Å². The smallest absolute Gasteiger partial charge is 0.303 e. The van der Waals surface area contributed by atoms with E-state index in [0.717, 1.165) is 6.42 Å². The highest BCUT2D eigenvalue weighted by molar-refractivity contribution is 5.75. The van der Waals surface area contributed by atoms with Crippen LogP contribution < -0.4 is 0 Å². The van der Waals surface area contributed by atoms with Gasteiger partial charge in [-0.1, -0.05) is 26.7 Å². The average Bonchev–Trinajstić information content (AvgIpc) is 1.92. The van der Waals surface area contributed by atoms with Gasteiger partial charge in [-0.3, -0.25) is 4.79 Å². The minimum absolute atomic E-state index is 0. The highest BCUT2D eigenvalue weighted by Crippen LogP contribution is 2.42. The predicted molar refractivity (Wildman–Crippen MR) is 57.9 cm³/mol. The maximum Gasteiger partial charge on any atom is 0.303 e. The molecule has 0 amide bonds. The van der Waals surface area contributed by atoms with Gasteiger partial charge in [0.05, 0.1) is 0 Å². The second-order valence-corrected chi connectivity index (χ2v) is 4.53. The molecule has 2 nitrogen and oxygen atoms in total. The molecule has 1 rings (SSSR count). The molecule has 0 aromatic rings. The number of carbonyl (C=O) groups is 1. The molecule has 0 aromatic carbocycles. The van der Waals surface area contributed by atoms with Gasteiger partial charge in [-0.25, -0.2) is 0 Å². The number of hydrogen-bond donors (Lipinski definition) is 1. The highest BCUT2D eigenvalue weighted by Gasteiger charge is 2.33. The summed E-state index contributed by atoms with van der Waals surface area (Å²) < 4.78 is 0. The molecule has 0 aromatic heterocycles. The molecule has 1 unspecified atom stereocenters. The van der Waals surface area contributed by atoms with Crippen LogP contribution in [0.5, 0.6) is 0 Å². The van der Waals surface area contributed by atoms with E-state index in [4.69, 9.17) is 5.11 Å². The largest absolute Gasteiger partial charge is 0.481 e. The normalized spacial score (nSPS) is 26.2. The topological polar surface area (TPSA) is 37.3 Å². The molecule has 0 saturated heterocycles.